The lowest BCUT2D eigenvalue weighted by molar-refractivity contribution is -0.134. The molecule has 0 radical (unpaired) electrons. The van der Waals surface area contributed by atoms with E-state index in [0.29, 0.717) is 0 Å². The van der Waals surface area contributed by atoms with E-state index in [2.05, 4.69) is 5.43 Å². The quantitative estimate of drug-likeness (QED) is 0.203. The fourth-order valence-electron chi connectivity index (χ4n) is 6.27. The SMILES string of the molecule is CC1(C)CC(=O)C2=C(C1)N(NC(=O)c1ccccc1O)C(=O)C21/C(=C(\O)c2ccccc2)C(=O)C(=O)N1c1ccccc1O. The van der Waals surface area contributed by atoms with E-state index in [9.17, 15) is 39.3 Å². The molecule has 6 rings (SSSR count). The molecular formula is C33H27N3O8. The third-order valence-corrected chi connectivity index (χ3v) is 8.09. The van der Waals surface area contributed by atoms with Crippen molar-refractivity contribution in [2.75, 3.05) is 4.90 Å². The van der Waals surface area contributed by atoms with Gasteiger partial charge in [-0.1, -0.05) is 68.4 Å². The Balaban J connectivity index is 1.68. The minimum Gasteiger partial charge on any atom is -0.507 e. The highest BCUT2D eigenvalue weighted by molar-refractivity contribution is 6.56. The zero-order valence-electron chi connectivity index (χ0n) is 23.7. The van der Waals surface area contributed by atoms with E-state index in [4.69, 9.17) is 0 Å². The third-order valence-electron chi connectivity index (χ3n) is 8.09. The first-order valence-electron chi connectivity index (χ1n) is 13.8. The number of benzene rings is 3. The molecule has 44 heavy (non-hydrogen) atoms. The van der Waals surface area contributed by atoms with E-state index in [1.165, 1.54) is 60.7 Å². The Labute approximate surface area is 251 Å². The highest BCUT2D eigenvalue weighted by atomic mass is 16.3. The number of hydrogen-bond acceptors (Lipinski definition) is 8. The molecule has 2 aliphatic heterocycles. The summed E-state index contributed by atoms with van der Waals surface area (Å²) in [5.41, 5.74) is -2.10. The summed E-state index contributed by atoms with van der Waals surface area (Å²) < 4.78 is 0. The van der Waals surface area contributed by atoms with Crippen molar-refractivity contribution in [2.24, 2.45) is 5.41 Å². The maximum absolute atomic E-state index is 14.9. The van der Waals surface area contributed by atoms with E-state index >= 15 is 0 Å². The van der Waals surface area contributed by atoms with Crippen LogP contribution in [-0.2, 0) is 19.2 Å². The van der Waals surface area contributed by atoms with Crippen LogP contribution in [0.3, 0.4) is 0 Å². The molecule has 0 aromatic heterocycles. The normalized spacial score (nSPS) is 22.1. The Bertz CT molecular complexity index is 1860. The molecule has 3 aromatic carbocycles. The predicted molar refractivity (Wildman–Crippen MR) is 157 cm³/mol. The van der Waals surface area contributed by atoms with Crippen molar-refractivity contribution < 1.29 is 39.3 Å². The summed E-state index contributed by atoms with van der Waals surface area (Å²) in [7, 11) is 0. The number of anilines is 1. The number of carbonyl (C=O) groups excluding carboxylic acids is 5. The van der Waals surface area contributed by atoms with Gasteiger partial charge in [0.05, 0.1) is 28.1 Å². The summed E-state index contributed by atoms with van der Waals surface area (Å²) in [4.78, 5) is 71.0. The van der Waals surface area contributed by atoms with Crippen LogP contribution in [0.25, 0.3) is 5.76 Å². The number of amides is 3. The van der Waals surface area contributed by atoms with Crippen molar-refractivity contribution in [3.8, 4) is 11.5 Å². The first-order valence-corrected chi connectivity index (χ1v) is 13.8. The number of fused-ring (bicyclic) bond motifs is 1. The van der Waals surface area contributed by atoms with E-state index in [-0.39, 0.29) is 46.7 Å². The van der Waals surface area contributed by atoms with Gasteiger partial charge in [0.2, 0.25) is 0 Å². The number of nitrogens with zero attached hydrogens (tertiary/aromatic N) is 2. The lowest BCUT2D eigenvalue weighted by Gasteiger charge is -2.37. The van der Waals surface area contributed by atoms with Crippen LogP contribution in [0.15, 0.2) is 95.7 Å². The molecule has 1 saturated heterocycles. The number of rotatable bonds is 4. The van der Waals surface area contributed by atoms with Gasteiger partial charge in [0.1, 0.15) is 17.3 Å². The number of aliphatic hydroxyl groups excluding tert-OH is 1. The molecule has 3 aliphatic rings. The Kier molecular flexibility index (Phi) is 6.42. The van der Waals surface area contributed by atoms with Gasteiger partial charge in [0, 0.05) is 12.0 Å². The van der Waals surface area contributed by atoms with Crippen LogP contribution in [0.2, 0.25) is 0 Å². The smallest absolute Gasteiger partial charge is 0.300 e. The number of Topliss-reactive ketones (excluding diaryl/α,β-unsaturated/α-hetero) is 2. The molecule has 1 fully saturated rings. The topological polar surface area (TPSA) is 165 Å². The second-order valence-corrected chi connectivity index (χ2v) is 11.6. The number of allylic oxidation sites excluding steroid dienone is 1. The number of hydrogen-bond donors (Lipinski definition) is 4. The Morgan fingerprint density at radius 3 is 2.09 bits per heavy atom. The highest BCUT2D eigenvalue weighted by Gasteiger charge is 2.71. The first-order chi connectivity index (χ1) is 20.9. The largest absolute Gasteiger partial charge is 0.507 e. The second kappa shape index (κ2) is 9.94. The monoisotopic (exact) mass is 593 g/mol. The molecule has 1 atom stereocenters. The van der Waals surface area contributed by atoms with Gasteiger partial charge in [0.25, 0.3) is 17.6 Å². The average Bonchev–Trinajstić information content (AvgIpc) is 3.35. The molecule has 4 N–H and O–H groups in total. The van der Waals surface area contributed by atoms with Crippen molar-refractivity contribution in [1.29, 1.82) is 0 Å². The van der Waals surface area contributed by atoms with Gasteiger partial charge in [-0.15, -0.1) is 0 Å². The summed E-state index contributed by atoms with van der Waals surface area (Å²) >= 11 is 0. The number of aliphatic hydroxyl groups is 1. The molecule has 3 amide bonds. The van der Waals surface area contributed by atoms with Crippen LogP contribution in [0.5, 0.6) is 11.5 Å². The maximum atomic E-state index is 14.9. The Hall–Kier alpha value is -5.71. The molecule has 1 spiro atoms. The molecule has 0 bridgehead atoms. The zero-order chi connectivity index (χ0) is 31.6. The fourth-order valence-corrected chi connectivity index (χ4v) is 6.27. The standard InChI is InChI=1S/C33H27N3O8/c1-32(2)16-21-25(24(39)17-32)33(31(44)36(21)34-29(42)19-12-6-8-14-22(19)37)26(27(40)18-10-4-3-5-11-18)28(41)30(43)35(33)20-13-7-9-15-23(20)38/h3-15,37-38,40H,16-17H2,1-2H3,(H,34,42)/b27-26-. The molecule has 11 heteroatoms. The lowest BCUT2D eigenvalue weighted by Crippen LogP contribution is -2.58. The van der Waals surface area contributed by atoms with Gasteiger partial charge in [-0.25, -0.2) is 5.01 Å². The molecular weight excluding hydrogens is 566 g/mol. The number of hydrazine groups is 1. The van der Waals surface area contributed by atoms with Crippen LogP contribution in [0, 0.1) is 5.41 Å². The fraction of sp³-hybridized carbons (Fsp3) is 0.182. The van der Waals surface area contributed by atoms with Crippen molar-refractivity contribution in [3.05, 3.63) is 107 Å². The summed E-state index contributed by atoms with van der Waals surface area (Å²) in [6.07, 6.45) is -0.0303. The number of phenolic OH excluding ortho intramolecular Hbond substituents is 2. The van der Waals surface area contributed by atoms with Crippen LogP contribution in [0.1, 0.15) is 42.6 Å². The number of nitrogens with one attached hydrogen (secondary N) is 1. The molecule has 1 unspecified atom stereocenters. The van der Waals surface area contributed by atoms with Crippen molar-refractivity contribution in [1.82, 2.24) is 10.4 Å². The number of para-hydroxylation sites is 3. The number of aromatic hydroxyl groups is 2. The van der Waals surface area contributed by atoms with Crippen molar-refractivity contribution in [2.45, 2.75) is 32.2 Å². The van der Waals surface area contributed by atoms with Gasteiger partial charge < -0.3 is 15.3 Å². The first kappa shape index (κ1) is 28.4. The van der Waals surface area contributed by atoms with E-state index in [0.717, 1.165) is 9.91 Å². The number of carbonyl (C=O) groups is 5. The molecule has 2 heterocycles. The van der Waals surface area contributed by atoms with E-state index < -0.39 is 57.3 Å². The number of phenols is 2. The van der Waals surface area contributed by atoms with Crippen LogP contribution < -0.4 is 10.3 Å². The summed E-state index contributed by atoms with van der Waals surface area (Å²) in [6.45, 7) is 3.58. The third kappa shape index (κ3) is 4.00. The van der Waals surface area contributed by atoms with Crippen molar-refractivity contribution >= 4 is 40.7 Å². The van der Waals surface area contributed by atoms with Gasteiger partial charge >= 0.3 is 5.91 Å². The molecule has 3 aromatic rings. The summed E-state index contributed by atoms with van der Waals surface area (Å²) in [6, 6.07) is 18.9. The maximum Gasteiger partial charge on any atom is 0.300 e. The second-order valence-electron chi connectivity index (χ2n) is 11.6. The molecule has 1 aliphatic carbocycles. The minimum atomic E-state index is -2.58. The van der Waals surface area contributed by atoms with E-state index in [1.807, 2.05) is 0 Å². The van der Waals surface area contributed by atoms with Crippen LogP contribution in [0.4, 0.5) is 5.69 Å². The van der Waals surface area contributed by atoms with Gasteiger partial charge in [-0.2, -0.15) is 0 Å². The number of ketones is 2. The molecule has 0 saturated carbocycles. The lowest BCUT2D eigenvalue weighted by atomic mass is 9.70. The Morgan fingerprint density at radius 1 is 0.818 bits per heavy atom. The van der Waals surface area contributed by atoms with Gasteiger partial charge in [0.15, 0.2) is 11.3 Å². The van der Waals surface area contributed by atoms with Gasteiger partial charge in [-0.3, -0.25) is 34.3 Å². The van der Waals surface area contributed by atoms with Crippen LogP contribution >= 0.6 is 0 Å². The Morgan fingerprint density at radius 2 is 1.43 bits per heavy atom. The van der Waals surface area contributed by atoms with Crippen LogP contribution in [-0.4, -0.2) is 55.2 Å². The molecule has 11 nitrogen and oxygen atoms in total. The summed E-state index contributed by atoms with van der Waals surface area (Å²) in [5, 5.41) is 33.7. The van der Waals surface area contributed by atoms with E-state index in [1.54, 1.807) is 32.0 Å². The highest BCUT2D eigenvalue weighted by Crippen LogP contribution is 2.56. The molecule has 222 valence electrons. The van der Waals surface area contributed by atoms with Crippen molar-refractivity contribution in [3.63, 3.8) is 0 Å². The van der Waals surface area contributed by atoms with Gasteiger partial charge in [-0.05, 0) is 36.1 Å². The summed E-state index contributed by atoms with van der Waals surface area (Å²) in [5.74, 6) is -6.68. The average molecular weight is 594 g/mol. The zero-order valence-corrected chi connectivity index (χ0v) is 23.7. The minimum absolute atomic E-state index is 0.0151. The predicted octanol–water partition coefficient (Wildman–Crippen LogP) is 3.55.